The summed E-state index contributed by atoms with van der Waals surface area (Å²) in [5.74, 6) is -0.263. The molecular weight excluding hydrogens is 376 g/mol. The molecule has 0 bridgehead atoms. The molecule has 1 fully saturated rings. The minimum atomic E-state index is -3.47. The second-order valence-electron chi connectivity index (χ2n) is 6.93. The van der Waals surface area contributed by atoms with Gasteiger partial charge in [-0.3, -0.25) is 4.79 Å². The van der Waals surface area contributed by atoms with Gasteiger partial charge in [-0.05, 0) is 55.2 Å². The molecule has 150 valence electrons. The van der Waals surface area contributed by atoms with Gasteiger partial charge >= 0.3 is 0 Å². The lowest BCUT2D eigenvalue weighted by atomic mass is 10.0. The van der Waals surface area contributed by atoms with Crippen molar-refractivity contribution in [3.8, 4) is 0 Å². The summed E-state index contributed by atoms with van der Waals surface area (Å²) in [6, 6.07) is 14.0. The van der Waals surface area contributed by atoms with Crippen molar-refractivity contribution in [2.24, 2.45) is 0 Å². The molecule has 1 saturated heterocycles. The van der Waals surface area contributed by atoms with Crippen LogP contribution in [0.15, 0.2) is 53.4 Å². The molecule has 0 saturated carbocycles. The van der Waals surface area contributed by atoms with Crippen molar-refractivity contribution in [1.29, 1.82) is 0 Å². The van der Waals surface area contributed by atoms with Gasteiger partial charge in [0, 0.05) is 32.3 Å². The molecule has 0 spiro atoms. The molecule has 2 aromatic carbocycles. The van der Waals surface area contributed by atoms with Gasteiger partial charge in [-0.1, -0.05) is 24.3 Å². The van der Waals surface area contributed by atoms with Gasteiger partial charge in [0.2, 0.25) is 10.0 Å². The van der Waals surface area contributed by atoms with E-state index in [-0.39, 0.29) is 16.9 Å². The minimum Gasteiger partial charge on any atom is -0.375 e. The van der Waals surface area contributed by atoms with Crippen LogP contribution in [0.2, 0.25) is 0 Å². The van der Waals surface area contributed by atoms with Crippen molar-refractivity contribution in [1.82, 2.24) is 9.62 Å². The summed E-state index contributed by atoms with van der Waals surface area (Å²) in [6.07, 6.45) is 1.53. The van der Waals surface area contributed by atoms with E-state index in [0.29, 0.717) is 25.2 Å². The number of carbonyl (C=O) groups excluding carboxylic acids is 1. The average Bonchev–Trinajstić information content (AvgIpc) is 3.25. The highest BCUT2D eigenvalue weighted by atomic mass is 32.2. The fourth-order valence-electron chi connectivity index (χ4n) is 3.41. The Balaban J connectivity index is 1.65. The van der Waals surface area contributed by atoms with Crippen molar-refractivity contribution in [3.63, 3.8) is 0 Å². The monoisotopic (exact) mass is 402 g/mol. The number of benzene rings is 2. The molecule has 28 heavy (non-hydrogen) atoms. The number of amides is 1. The third-order valence-electron chi connectivity index (χ3n) is 5.09. The van der Waals surface area contributed by atoms with E-state index in [1.807, 2.05) is 31.2 Å². The number of rotatable bonds is 7. The quantitative estimate of drug-likeness (QED) is 0.773. The van der Waals surface area contributed by atoms with E-state index in [0.717, 1.165) is 24.0 Å². The van der Waals surface area contributed by atoms with Gasteiger partial charge in [0.25, 0.3) is 5.91 Å². The number of hydrogen-bond acceptors (Lipinski definition) is 4. The highest BCUT2D eigenvalue weighted by Gasteiger charge is 2.27. The Bertz CT molecular complexity index is 920. The molecule has 0 aromatic heterocycles. The van der Waals surface area contributed by atoms with E-state index in [2.05, 4.69) is 5.32 Å². The topological polar surface area (TPSA) is 75.7 Å². The number of nitrogens with zero attached hydrogens (tertiary/aromatic N) is 1. The van der Waals surface area contributed by atoms with Crippen LogP contribution in [0.25, 0.3) is 0 Å². The van der Waals surface area contributed by atoms with Gasteiger partial charge < -0.3 is 10.1 Å². The fourth-order valence-corrected chi connectivity index (χ4v) is 4.93. The van der Waals surface area contributed by atoms with E-state index < -0.39 is 10.0 Å². The van der Waals surface area contributed by atoms with Gasteiger partial charge in [0.15, 0.2) is 0 Å². The zero-order valence-electron chi connectivity index (χ0n) is 16.2. The summed E-state index contributed by atoms with van der Waals surface area (Å²) in [4.78, 5) is 12.7. The molecule has 1 atom stereocenters. The summed E-state index contributed by atoms with van der Waals surface area (Å²) >= 11 is 0. The first-order chi connectivity index (χ1) is 13.4. The molecule has 6 nitrogen and oxygen atoms in total. The molecule has 3 rings (SSSR count). The summed E-state index contributed by atoms with van der Waals surface area (Å²) in [5, 5.41) is 2.87. The van der Waals surface area contributed by atoms with Gasteiger partial charge in [-0.2, -0.15) is 4.31 Å². The molecule has 1 amide bonds. The molecule has 1 aliphatic rings. The van der Waals surface area contributed by atoms with Crippen molar-refractivity contribution in [3.05, 3.63) is 65.2 Å². The molecule has 0 aliphatic carbocycles. The Morgan fingerprint density at radius 2 is 1.75 bits per heavy atom. The van der Waals surface area contributed by atoms with Crippen LogP contribution in [0, 0.1) is 6.92 Å². The predicted octanol–water partition coefficient (Wildman–Crippen LogP) is 2.90. The maximum Gasteiger partial charge on any atom is 0.251 e. The van der Waals surface area contributed by atoms with Crippen molar-refractivity contribution in [2.45, 2.75) is 30.8 Å². The fraction of sp³-hybridized carbons (Fsp3) is 0.381. The van der Waals surface area contributed by atoms with E-state index in [4.69, 9.17) is 4.74 Å². The van der Waals surface area contributed by atoms with E-state index >= 15 is 0 Å². The Morgan fingerprint density at radius 1 is 1.11 bits per heavy atom. The molecule has 1 N–H and O–H groups in total. The van der Waals surface area contributed by atoms with E-state index in [1.54, 1.807) is 19.2 Å². The highest BCUT2D eigenvalue weighted by Crippen LogP contribution is 2.22. The number of aryl methyl sites for hydroxylation is 1. The molecule has 1 aliphatic heterocycles. The third kappa shape index (κ3) is 4.43. The molecule has 0 radical (unpaired) electrons. The second-order valence-corrected chi connectivity index (χ2v) is 8.86. The van der Waals surface area contributed by atoms with Crippen molar-refractivity contribution < 1.29 is 17.9 Å². The highest BCUT2D eigenvalue weighted by molar-refractivity contribution is 7.89. The van der Waals surface area contributed by atoms with Crippen molar-refractivity contribution >= 4 is 15.9 Å². The normalized spacial score (nSPS) is 16.1. The lowest BCUT2D eigenvalue weighted by Crippen LogP contribution is -2.30. The van der Waals surface area contributed by atoms with E-state index in [9.17, 15) is 13.2 Å². The number of methoxy groups -OCH3 is 1. The number of nitrogens with one attached hydrogen (secondary N) is 1. The zero-order chi connectivity index (χ0) is 20.1. The van der Waals surface area contributed by atoms with Crippen LogP contribution in [0.3, 0.4) is 0 Å². The van der Waals surface area contributed by atoms with Gasteiger partial charge in [-0.15, -0.1) is 0 Å². The molecule has 1 heterocycles. The van der Waals surface area contributed by atoms with E-state index in [1.165, 1.54) is 16.4 Å². The SMILES string of the molecule is COC(CNC(=O)c1ccc(S(=O)(=O)N2CCCC2)cc1)c1ccccc1C. The lowest BCUT2D eigenvalue weighted by Gasteiger charge is -2.19. The first-order valence-electron chi connectivity index (χ1n) is 9.40. The average molecular weight is 403 g/mol. The minimum absolute atomic E-state index is 0.223. The maximum absolute atomic E-state index is 12.6. The summed E-state index contributed by atoms with van der Waals surface area (Å²) < 4.78 is 32.2. The first kappa shape index (κ1) is 20.5. The first-order valence-corrected chi connectivity index (χ1v) is 10.8. The van der Waals surface area contributed by atoms with Crippen LogP contribution in [-0.4, -0.2) is 45.4 Å². The molecule has 2 aromatic rings. The summed E-state index contributed by atoms with van der Waals surface area (Å²) in [5.41, 5.74) is 2.54. The zero-order valence-corrected chi connectivity index (χ0v) is 17.0. The third-order valence-corrected chi connectivity index (χ3v) is 7.00. The molecular formula is C21H26N2O4S. The smallest absolute Gasteiger partial charge is 0.251 e. The van der Waals surface area contributed by atoms with Gasteiger partial charge in [-0.25, -0.2) is 8.42 Å². The van der Waals surface area contributed by atoms with Crippen LogP contribution < -0.4 is 5.32 Å². The molecule has 1 unspecified atom stereocenters. The number of ether oxygens (including phenoxy) is 1. The largest absolute Gasteiger partial charge is 0.375 e. The Morgan fingerprint density at radius 3 is 2.36 bits per heavy atom. The summed E-state index contributed by atoms with van der Waals surface area (Å²) in [6.45, 7) is 3.44. The van der Waals surface area contributed by atoms with Crippen LogP contribution in [0.4, 0.5) is 0 Å². The van der Waals surface area contributed by atoms with Crippen LogP contribution in [0.5, 0.6) is 0 Å². The second kappa shape index (κ2) is 8.86. The van der Waals surface area contributed by atoms with Crippen LogP contribution in [-0.2, 0) is 14.8 Å². The van der Waals surface area contributed by atoms with Gasteiger partial charge in [0.05, 0.1) is 11.0 Å². The van der Waals surface area contributed by atoms with Crippen LogP contribution in [0.1, 0.15) is 40.4 Å². The van der Waals surface area contributed by atoms with Gasteiger partial charge in [0.1, 0.15) is 0 Å². The van der Waals surface area contributed by atoms with Crippen molar-refractivity contribution in [2.75, 3.05) is 26.7 Å². The number of sulfonamides is 1. The summed E-state index contributed by atoms with van der Waals surface area (Å²) in [7, 11) is -1.86. The maximum atomic E-state index is 12.6. The predicted molar refractivity (Wildman–Crippen MR) is 108 cm³/mol. The van der Waals surface area contributed by atoms with Crippen LogP contribution >= 0.6 is 0 Å². The number of hydrogen-bond donors (Lipinski definition) is 1. The lowest BCUT2D eigenvalue weighted by molar-refractivity contribution is 0.0826. The Hall–Kier alpha value is -2.22. The molecule has 7 heteroatoms. The number of carbonyl (C=O) groups is 1. The standard InChI is InChI=1S/C21H26N2O4S/c1-16-7-3-4-8-19(16)20(27-2)15-22-21(24)17-9-11-18(12-10-17)28(25,26)23-13-5-6-14-23/h3-4,7-12,20H,5-6,13-15H2,1-2H3,(H,22,24). The Labute approximate surface area is 166 Å². The Kier molecular flexibility index (Phi) is 6.49.